The van der Waals surface area contributed by atoms with Crippen LogP contribution in [0.1, 0.15) is 5.56 Å². The molecule has 0 aliphatic carbocycles. The molecule has 0 aromatic heterocycles. The van der Waals surface area contributed by atoms with Crippen LogP contribution in [0.25, 0.3) is 6.08 Å². The minimum absolute atomic E-state index is 0.0959. The van der Waals surface area contributed by atoms with Crippen LogP contribution in [-0.4, -0.2) is 10.2 Å². The van der Waals surface area contributed by atoms with Crippen molar-refractivity contribution in [3.05, 3.63) is 108 Å². The molecule has 5 heteroatoms. The highest BCUT2D eigenvalue weighted by Crippen LogP contribution is 2.35. The third kappa shape index (κ3) is 4.65. The average molecular weight is 415 g/mol. The van der Waals surface area contributed by atoms with Gasteiger partial charge < -0.3 is 5.32 Å². The molecule has 4 rings (SSSR count). The van der Waals surface area contributed by atoms with E-state index in [1.807, 2.05) is 103 Å². The summed E-state index contributed by atoms with van der Waals surface area (Å²) in [6, 6.07) is 27.6. The zero-order valence-corrected chi connectivity index (χ0v) is 17.1. The first kappa shape index (κ1) is 19.2. The number of thioether (sulfide) groups is 1. The zero-order valence-electron chi connectivity index (χ0n) is 15.5. The highest BCUT2D eigenvalue weighted by atomic mass is 32.2. The Labute approximate surface area is 179 Å². The van der Waals surface area contributed by atoms with Crippen LogP contribution in [0.2, 0.25) is 0 Å². The van der Waals surface area contributed by atoms with Crippen LogP contribution >= 0.6 is 24.0 Å². The number of hydrogen-bond donors (Lipinski definition) is 1. The molecule has 3 nitrogen and oxygen atoms in total. The molecule has 142 valence electrons. The van der Waals surface area contributed by atoms with E-state index in [1.165, 1.54) is 11.8 Å². The van der Waals surface area contributed by atoms with Gasteiger partial charge in [-0.1, -0.05) is 84.7 Å². The van der Waals surface area contributed by atoms with Crippen LogP contribution in [-0.2, 0) is 4.79 Å². The average Bonchev–Trinajstić information content (AvgIpc) is 3.03. The van der Waals surface area contributed by atoms with Crippen LogP contribution in [0.15, 0.2) is 102 Å². The van der Waals surface area contributed by atoms with Crippen molar-refractivity contribution in [3.8, 4) is 0 Å². The van der Waals surface area contributed by atoms with Gasteiger partial charge in [0, 0.05) is 11.4 Å². The number of carbonyl (C=O) groups excluding carboxylic acids is 1. The predicted octanol–water partition coefficient (Wildman–Crippen LogP) is 6.39. The van der Waals surface area contributed by atoms with Crippen molar-refractivity contribution in [2.75, 3.05) is 10.2 Å². The molecule has 1 heterocycles. The molecule has 3 aromatic rings. The number of nitrogens with zero attached hydrogens (tertiary/aromatic N) is 1. The summed E-state index contributed by atoms with van der Waals surface area (Å²) in [5, 5.41) is 3.33. The molecule has 0 unspecified atom stereocenters. The van der Waals surface area contributed by atoms with E-state index >= 15 is 0 Å². The maximum absolute atomic E-state index is 12.8. The summed E-state index contributed by atoms with van der Waals surface area (Å²) in [6.45, 7) is 0. The van der Waals surface area contributed by atoms with Crippen LogP contribution in [0.3, 0.4) is 0 Å². The lowest BCUT2D eigenvalue weighted by molar-refractivity contribution is -0.113. The van der Waals surface area contributed by atoms with Crippen molar-refractivity contribution in [2.45, 2.75) is 0 Å². The van der Waals surface area contributed by atoms with E-state index in [1.54, 1.807) is 4.90 Å². The van der Waals surface area contributed by atoms with Gasteiger partial charge in [0.15, 0.2) is 4.32 Å². The molecule has 3 aromatic carbocycles. The fraction of sp³-hybridized carbons (Fsp3) is 0. The Bertz CT molecular complexity index is 1070. The van der Waals surface area contributed by atoms with E-state index in [-0.39, 0.29) is 5.91 Å². The lowest BCUT2D eigenvalue weighted by Gasteiger charge is -2.15. The predicted molar refractivity (Wildman–Crippen MR) is 127 cm³/mol. The number of para-hydroxylation sites is 1. The van der Waals surface area contributed by atoms with E-state index in [2.05, 4.69) is 5.32 Å². The first-order chi connectivity index (χ1) is 14.2. The van der Waals surface area contributed by atoms with E-state index < -0.39 is 0 Å². The van der Waals surface area contributed by atoms with Gasteiger partial charge in [0.1, 0.15) is 0 Å². The fourth-order valence-electron chi connectivity index (χ4n) is 2.90. The highest BCUT2D eigenvalue weighted by molar-refractivity contribution is 8.27. The molecular weight excluding hydrogens is 396 g/mol. The standard InChI is InChI=1S/C24H18N2OS2/c27-23-22(13-7-10-18-8-3-1-4-9-18)29-24(28)26(23)21-16-14-20(15-17-21)25-19-11-5-2-6-12-19/h1-17,25H/b10-7-,22-13-. The molecule has 1 amide bonds. The lowest BCUT2D eigenvalue weighted by Crippen LogP contribution is -2.27. The van der Waals surface area contributed by atoms with Gasteiger partial charge in [0.05, 0.1) is 10.6 Å². The summed E-state index contributed by atoms with van der Waals surface area (Å²) in [5.74, 6) is -0.0959. The maximum Gasteiger partial charge on any atom is 0.270 e. The molecule has 0 atom stereocenters. The van der Waals surface area contributed by atoms with Gasteiger partial charge in [-0.25, -0.2) is 0 Å². The van der Waals surface area contributed by atoms with Crippen LogP contribution in [0.5, 0.6) is 0 Å². The third-order valence-electron chi connectivity index (χ3n) is 4.32. The third-order valence-corrected chi connectivity index (χ3v) is 5.64. The van der Waals surface area contributed by atoms with Gasteiger partial charge in [-0.3, -0.25) is 9.69 Å². The molecule has 29 heavy (non-hydrogen) atoms. The number of anilines is 3. The molecule has 0 bridgehead atoms. The molecule has 0 spiro atoms. The molecule has 1 N–H and O–H groups in total. The molecule has 1 aliphatic rings. The Balaban J connectivity index is 1.47. The monoisotopic (exact) mass is 414 g/mol. The maximum atomic E-state index is 12.8. The molecule has 1 fully saturated rings. The Morgan fingerprint density at radius 2 is 1.45 bits per heavy atom. The minimum atomic E-state index is -0.0959. The highest BCUT2D eigenvalue weighted by Gasteiger charge is 2.32. The molecule has 0 radical (unpaired) electrons. The molecule has 1 saturated heterocycles. The Morgan fingerprint density at radius 1 is 0.828 bits per heavy atom. The van der Waals surface area contributed by atoms with Gasteiger partial charge in [0.2, 0.25) is 0 Å². The number of allylic oxidation sites excluding steroid dienone is 2. The number of thiocarbonyl (C=S) groups is 1. The quantitative estimate of drug-likeness (QED) is 0.387. The smallest absolute Gasteiger partial charge is 0.270 e. The summed E-state index contributed by atoms with van der Waals surface area (Å²) >= 11 is 6.77. The van der Waals surface area contributed by atoms with Crippen molar-refractivity contribution in [2.24, 2.45) is 0 Å². The number of hydrogen-bond acceptors (Lipinski definition) is 4. The van der Waals surface area contributed by atoms with Gasteiger partial charge in [0.25, 0.3) is 5.91 Å². The fourth-order valence-corrected chi connectivity index (χ4v) is 4.15. The number of amides is 1. The van der Waals surface area contributed by atoms with Crippen molar-refractivity contribution in [1.29, 1.82) is 0 Å². The van der Waals surface area contributed by atoms with Crippen molar-refractivity contribution in [3.63, 3.8) is 0 Å². The zero-order chi connectivity index (χ0) is 20.1. The number of benzene rings is 3. The second-order valence-corrected chi connectivity index (χ2v) is 8.02. The minimum Gasteiger partial charge on any atom is -0.356 e. The van der Waals surface area contributed by atoms with Gasteiger partial charge in [-0.2, -0.15) is 0 Å². The van der Waals surface area contributed by atoms with E-state index in [0.29, 0.717) is 9.23 Å². The Hall–Kier alpha value is -3.15. The lowest BCUT2D eigenvalue weighted by atomic mass is 10.2. The largest absolute Gasteiger partial charge is 0.356 e. The first-order valence-electron chi connectivity index (χ1n) is 9.12. The van der Waals surface area contributed by atoms with E-state index in [0.717, 1.165) is 22.6 Å². The van der Waals surface area contributed by atoms with Crippen LogP contribution in [0.4, 0.5) is 17.1 Å². The first-order valence-corrected chi connectivity index (χ1v) is 10.3. The van der Waals surface area contributed by atoms with Gasteiger partial charge >= 0.3 is 0 Å². The Morgan fingerprint density at radius 3 is 2.14 bits per heavy atom. The number of rotatable bonds is 5. The van der Waals surface area contributed by atoms with Crippen LogP contribution < -0.4 is 10.2 Å². The molecule has 0 saturated carbocycles. The summed E-state index contributed by atoms with van der Waals surface area (Å²) in [4.78, 5) is 15.0. The summed E-state index contributed by atoms with van der Waals surface area (Å²) in [6.07, 6.45) is 5.67. The van der Waals surface area contributed by atoms with Crippen molar-refractivity contribution in [1.82, 2.24) is 0 Å². The SMILES string of the molecule is O=C1/C(=C/C=C\c2ccccc2)SC(=S)N1c1ccc(Nc2ccccc2)cc1. The number of carbonyl (C=O) groups is 1. The van der Waals surface area contributed by atoms with Gasteiger partial charge in [-0.05, 0) is 48.0 Å². The normalized spacial score (nSPS) is 15.4. The second-order valence-electron chi connectivity index (χ2n) is 6.35. The van der Waals surface area contributed by atoms with Gasteiger partial charge in [-0.15, -0.1) is 0 Å². The molecule has 1 aliphatic heterocycles. The summed E-state index contributed by atoms with van der Waals surface area (Å²) in [7, 11) is 0. The van der Waals surface area contributed by atoms with E-state index in [4.69, 9.17) is 12.2 Å². The second kappa shape index (κ2) is 8.90. The summed E-state index contributed by atoms with van der Waals surface area (Å²) < 4.78 is 0.540. The number of nitrogens with one attached hydrogen (secondary N) is 1. The Kier molecular flexibility index (Phi) is 5.89. The van der Waals surface area contributed by atoms with Crippen molar-refractivity contribution < 1.29 is 4.79 Å². The van der Waals surface area contributed by atoms with E-state index in [9.17, 15) is 4.79 Å². The van der Waals surface area contributed by atoms with Crippen molar-refractivity contribution >= 4 is 57.3 Å². The molecular formula is C24H18N2OS2. The summed E-state index contributed by atoms with van der Waals surface area (Å²) in [5.41, 5.74) is 3.81. The van der Waals surface area contributed by atoms with Crippen LogP contribution in [0, 0.1) is 0 Å². The topological polar surface area (TPSA) is 32.3 Å².